The Hall–Kier alpha value is -1.43. The van der Waals surface area contributed by atoms with Gasteiger partial charge in [-0.05, 0) is 43.5 Å². The fourth-order valence-corrected chi connectivity index (χ4v) is 4.94. The molecule has 0 amide bonds. The van der Waals surface area contributed by atoms with E-state index in [9.17, 15) is 5.11 Å². The molecule has 0 bridgehead atoms. The lowest BCUT2D eigenvalue weighted by Crippen LogP contribution is -2.41. The third-order valence-electron chi connectivity index (χ3n) is 5.78. The van der Waals surface area contributed by atoms with Gasteiger partial charge in [0, 0.05) is 28.7 Å². The van der Waals surface area contributed by atoms with Crippen LogP contribution < -0.4 is 0 Å². The van der Waals surface area contributed by atoms with E-state index >= 15 is 0 Å². The van der Waals surface area contributed by atoms with Gasteiger partial charge in [0.1, 0.15) is 10.8 Å². The SMILES string of the molecule is CN(C)C1(c2nc(-c3cc(C(C)(C)C)c(O)c(C(C)(C)C)c3)cs2)CCOC1. The van der Waals surface area contributed by atoms with Crippen LogP contribution in [0.2, 0.25) is 0 Å². The Kier molecular flexibility index (Phi) is 5.41. The van der Waals surface area contributed by atoms with Crippen molar-refractivity contribution in [1.82, 2.24) is 9.88 Å². The Labute approximate surface area is 173 Å². The molecular formula is C23H34N2O2S. The molecule has 5 heteroatoms. The average molecular weight is 403 g/mol. The zero-order valence-corrected chi connectivity index (χ0v) is 19.3. The lowest BCUT2D eigenvalue weighted by molar-refractivity contribution is 0.106. The number of phenolic OH excluding ortho intramolecular Hbond substituents is 1. The predicted octanol–water partition coefficient (Wildman–Crippen LogP) is 5.29. The largest absolute Gasteiger partial charge is 0.507 e. The van der Waals surface area contributed by atoms with E-state index in [0.29, 0.717) is 12.4 Å². The van der Waals surface area contributed by atoms with Crippen LogP contribution in [-0.2, 0) is 21.1 Å². The molecule has 0 aliphatic carbocycles. The molecule has 1 aliphatic rings. The van der Waals surface area contributed by atoms with Crippen LogP contribution >= 0.6 is 11.3 Å². The topological polar surface area (TPSA) is 45.6 Å². The quantitative estimate of drug-likeness (QED) is 0.758. The fraction of sp³-hybridized carbons (Fsp3) is 0.609. The van der Waals surface area contributed by atoms with Crippen LogP contribution in [0.25, 0.3) is 11.3 Å². The summed E-state index contributed by atoms with van der Waals surface area (Å²) in [7, 11) is 4.21. The fourth-order valence-electron chi connectivity index (χ4n) is 3.81. The Balaban J connectivity index is 2.14. The Bertz CT molecular complexity index is 815. The van der Waals surface area contributed by atoms with E-state index < -0.39 is 0 Å². The number of hydrogen-bond donors (Lipinski definition) is 1. The zero-order valence-electron chi connectivity index (χ0n) is 18.5. The van der Waals surface area contributed by atoms with E-state index in [2.05, 4.69) is 78.1 Å². The number of benzene rings is 1. The number of rotatable bonds is 3. The second-order valence-corrected chi connectivity index (χ2v) is 11.0. The number of thiazole rings is 1. The molecule has 2 heterocycles. The van der Waals surface area contributed by atoms with Gasteiger partial charge in [-0.1, -0.05) is 41.5 Å². The van der Waals surface area contributed by atoms with Gasteiger partial charge >= 0.3 is 0 Å². The highest BCUT2D eigenvalue weighted by molar-refractivity contribution is 7.10. The minimum Gasteiger partial charge on any atom is -0.507 e. The second-order valence-electron chi connectivity index (χ2n) is 10.2. The highest BCUT2D eigenvalue weighted by atomic mass is 32.1. The van der Waals surface area contributed by atoms with E-state index in [4.69, 9.17) is 9.72 Å². The Morgan fingerprint density at radius 2 is 1.64 bits per heavy atom. The molecule has 1 aliphatic heterocycles. The number of nitrogens with zero attached hydrogens (tertiary/aromatic N) is 2. The summed E-state index contributed by atoms with van der Waals surface area (Å²) in [5.41, 5.74) is 3.55. The minimum absolute atomic E-state index is 0.139. The van der Waals surface area contributed by atoms with Crippen LogP contribution in [0, 0.1) is 0 Å². The van der Waals surface area contributed by atoms with Crippen molar-refractivity contribution < 1.29 is 9.84 Å². The lowest BCUT2D eigenvalue weighted by Gasteiger charge is -2.32. The molecule has 1 aromatic carbocycles. The van der Waals surface area contributed by atoms with Gasteiger partial charge in [-0.15, -0.1) is 11.3 Å². The van der Waals surface area contributed by atoms with Crippen molar-refractivity contribution in [3.8, 4) is 17.0 Å². The van der Waals surface area contributed by atoms with Gasteiger partial charge in [-0.3, -0.25) is 4.90 Å². The van der Waals surface area contributed by atoms with Crippen molar-refractivity contribution in [2.45, 2.75) is 64.3 Å². The molecule has 1 saturated heterocycles. The summed E-state index contributed by atoms with van der Waals surface area (Å²) >= 11 is 1.70. The first-order valence-corrected chi connectivity index (χ1v) is 10.8. The van der Waals surface area contributed by atoms with Crippen LogP contribution in [0.4, 0.5) is 0 Å². The summed E-state index contributed by atoms with van der Waals surface area (Å²) in [5.74, 6) is 0.410. The maximum absolute atomic E-state index is 11.0. The molecule has 1 aromatic heterocycles. The Morgan fingerprint density at radius 1 is 1.07 bits per heavy atom. The lowest BCUT2D eigenvalue weighted by atomic mass is 9.78. The average Bonchev–Trinajstić information content (AvgIpc) is 3.22. The van der Waals surface area contributed by atoms with Crippen molar-refractivity contribution in [3.63, 3.8) is 0 Å². The van der Waals surface area contributed by atoms with E-state index in [1.165, 1.54) is 0 Å². The van der Waals surface area contributed by atoms with Crippen LogP contribution in [0.1, 0.15) is 64.1 Å². The van der Waals surface area contributed by atoms with Gasteiger partial charge in [0.15, 0.2) is 0 Å². The van der Waals surface area contributed by atoms with Gasteiger partial charge < -0.3 is 9.84 Å². The molecule has 2 aromatic rings. The van der Waals surface area contributed by atoms with Crippen LogP contribution in [0.3, 0.4) is 0 Å². The van der Waals surface area contributed by atoms with E-state index in [1.54, 1.807) is 11.3 Å². The maximum atomic E-state index is 11.0. The van der Waals surface area contributed by atoms with Crippen molar-refractivity contribution in [2.75, 3.05) is 27.3 Å². The van der Waals surface area contributed by atoms with E-state index in [1.807, 2.05) is 0 Å². The van der Waals surface area contributed by atoms with Gasteiger partial charge in [0.2, 0.25) is 0 Å². The van der Waals surface area contributed by atoms with Crippen molar-refractivity contribution in [3.05, 3.63) is 33.6 Å². The number of ether oxygens (including phenoxy) is 1. The van der Waals surface area contributed by atoms with E-state index in [-0.39, 0.29) is 16.4 Å². The number of aromatic hydroxyl groups is 1. The third kappa shape index (κ3) is 3.72. The highest BCUT2D eigenvalue weighted by Crippen LogP contribution is 2.43. The molecule has 28 heavy (non-hydrogen) atoms. The molecule has 3 rings (SSSR count). The van der Waals surface area contributed by atoms with Crippen LogP contribution in [0.15, 0.2) is 17.5 Å². The number of phenols is 1. The van der Waals surface area contributed by atoms with Crippen LogP contribution in [-0.4, -0.2) is 42.3 Å². The summed E-state index contributed by atoms with van der Waals surface area (Å²) in [6.45, 7) is 14.3. The first-order chi connectivity index (χ1) is 12.9. The highest BCUT2D eigenvalue weighted by Gasteiger charge is 2.41. The molecule has 154 valence electrons. The molecule has 0 spiro atoms. The van der Waals surface area contributed by atoms with Crippen molar-refractivity contribution in [1.29, 1.82) is 0 Å². The summed E-state index contributed by atoms with van der Waals surface area (Å²) in [4.78, 5) is 7.28. The monoisotopic (exact) mass is 402 g/mol. The third-order valence-corrected chi connectivity index (χ3v) is 6.82. The summed E-state index contributed by atoms with van der Waals surface area (Å²) in [6.07, 6.45) is 0.961. The summed E-state index contributed by atoms with van der Waals surface area (Å²) in [6, 6.07) is 4.22. The molecule has 1 unspecified atom stereocenters. The number of hydrogen-bond acceptors (Lipinski definition) is 5. The van der Waals surface area contributed by atoms with Crippen molar-refractivity contribution >= 4 is 11.3 Å². The Morgan fingerprint density at radius 3 is 2.07 bits per heavy atom. The zero-order chi connectivity index (χ0) is 20.9. The molecule has 1 fully saturated rings. The molecule has 4 nitrogen and oxygen atoms in total. The first kappa shape index (κ1) is 21.3. The molecular weight excluding hydrogens is 368 g/mol. The standard InChI is InChI=1S/C23H34N2O2S/c1-21(2,3)16-11-15(12-17(19(16)26)22(4,5)6)18-13-28-20(24-18)23(25(7)8)9-10-27-14-23/h11-13,26H,9-10,14H2,1-8H3. The van der Waals surface area contributed by atoms with Gasteiger partial charge in [0.25, 0.3) is 0 Å². The smallest absolute Gasteiger partial charge is 0.123 e. The van der Waals surface area contributed by atoms with Gasteiger partial charge in [-0.2, -0.15) is 0 Å². The van der Waals surface area contributed by atoms with Crippen LogP contribution in [0.5, 0.6) is 5.75 Å². The normalized spacial score (nSPS) is 20.9. The minimum atomic E-state index is -0.150. The second kappa shape index (κ2) is 7.12. The van der Waals surface area contributed by atoms with E-state index in [0.717, 1.165) is 40.4 Å². The summed E-state index contributed by atoms with van der Waals surface area (Å²) in [5, 5.41) is 14.2. The van der Waals surface area contributed by atoms with Crippen molar-refractivity contribution in [2.24, 2.45) is 0 Å². The molecule has 0 radical (unpaired) electrons. The molecule has 0 saturated carbocycles. The number of likely N-dealkylation sites (N-methyl/N-ethyl adjacent to an activating group) is 1. The predicted molar refractivity (Wildman–Crippen MR) is 117 cm³/mol. The maximum Gasteiger partial charge on any atom is 0.123 e. The first-order valence-electron chi connectivity index (χ1n) is 9.96. The molecule has 1 atom stereocenters. The summed E-state index contributed by atoms with van der Waals surface area (Å²) < 4.78 is 5.73. The molecule has 1 N–H and O–H groups in total. The van der Waals surface area contributed by atoms with Gasteiger partial charge in [-0.25, -0.2) is 4.98 Å². The van der Waals surface area contributed by atoms with Gasteiger partial charge in [0.05, 0.1) is 17.8 Å². The number of aromatic nitrogens is 1.